The molecular formula is C16H23N3O2. The maximum atomic E-state index is 12.4. The van der Waals surface area contributed by atoms with Crippen LogP contribution in [0.3, 0.4) is 0 Å². The van der Waals surface area contributed by atoms with E-state index >= 15 is 0 Å². The van der Waals surface area contributed by atoms with Crippen molar-refractivity contribution in [2.45, 2.75) is 12.6 Å². The van der Waals surface area contributed by atoms with Crippen LogP contribution in [0.4, 0.5) is 0 Å². The van der Waals surface area contributed by atoms with Gasteiger partial charge in [-0.05, 0) is 18.2 Å². The minimum absolute atomic E-state index is 0.168. The number of fused-ring (bicyclic) bond motifs is 1. The van der Waals surface area contributed by atoms with Gasteiger partial charge in [-0.25, -0.2) is 0 Å². The highest BCUT2D eigenvalue weighted by molar-refractivity contribution is 5.78. The number of likely N-dealkylation sites (N-methyl/N-ethyl adjacent to an activating group) is 1. The molecular weight excluding hydrogens is 266 g/mol. The fourth-order valence-corrected chi connectivity index (χ4v) is 3.06. The Balaban J connectivity index is 1.65. The smallest absolute Gasteiger partial charge is 0.236 e. The average molecular weight is 289 g/mol. The summed E-state index contributed by atoms with van der Waals surface area (Å²) in [5.41, 5.74) is 2.52. The van der Waals surface area contributed by atoms with Crippen LogP contribution in [0.25, 0.3) is 0 Å². The summed E-state index contributed by atoms with van der Waals surface area (Å²) < 4.78 is 5.68. The molecule has 0 spiro atoms. The Hall–Kier alpha value is -1.43. The van der Waals surface area contributed by atoms with Crippen LogP contribution < -0.4 is 5.32 Å². The number of benzene rings is 1. The average Bonchev–Trinajstić information content (AvgIpc) is 2.55. The third kappa shape index (κ3) is 3.26. The highest BCUT2D eigenvalue weighted by Gasteiger charge is 2.26. The number of rotatable bonds is 3. The zero-order chi connectivity index (χ0) is 14.7. The van der Waals surface area contributed by atoms with Crippen molar-refractivity contribution >= 4 is 5.91 Å². The highest BCUT2D eigenvalue weighted by Crippen LogP contribution is 2.28. The summed E-state index contributed by atoms with van der Waals surface area (Å²) in [6.45, 7) is 5.18. The quantitative estimate of drug-likeness (QED) is 0.886. The lowest BCUT2D eigenvalue weighted by Crippen LogP contribution is -2.49. The Bertz CT molecular complexity index is 500. The summed E-state index contributed by atoms with van der Waals surface area (Å²) in [7, 11) is 2.01. The molecule has 2 aliphatic heterocycles. The zero-order valence-electron chi connectivity index (χ0n) is 12.5. The second-order valence-corrected chi connectivity index (χ2v) is 5.78. The molecule has 0 radical (unpaired) electrons. The van der Waals surface area contributed by atoms with Crippen LogP contribution in [0.5, 0.6) is 0 Å². The molecule has 1 N–H and O–H groups in total. The Labute approximate surface area is 125 Å². The van der Waals surface area contributed by atoms with Gasteiger partial charge in [0, 0.05) is 26.2 Å². The first-order valence-electron chi connectivity index (χ1n) is 7.60. The number of carbonyl (C=O) groups is 1. The van der Waals surface area contributed by atoms with Crippen LogP contribution in [0.1, 0.15) is 17.2 Å². The van der Waals surface area contributed by atoms with Crippen molar-refractivity contribution in [1.82, 2.24) is 15.1 Å². The van der Waals surface area contributed by atoms with Crippen molar-refractivity contribution in [1.29, 1.82) is 0 Å². The third-order valence-corrected chi connectivity index (χ3v) is 4.33. The fraction of sp³-hybridized carbons (Fsp3) is 0.562. The molecule has 1 unspecified atom stereocenters. The van der Waals surface area contributed by atoms with Gasteiger partial charge in [0.1, 0.15) is 0 Å². The number of ether oxygens (including phenoxy) is 1. The number of carbonyl (C=O) groups excluding carboxylic acids is 1. The monoisotopic (exact) mass is 289 g/mol. The molecule has 3 rings (SSSR count). The van der Waals surface area contributed by atoms with E-state index in [1.165, 1.54) is 11.1 Å². The summed E-state index contributed by atoms with van der Waals surface area (Å²) in [5.74, 6) is 0.210. The van der Waals surface area contributed by atoms with E-state index in [0.717, 1.165) is 26.2 Å². The van der Waals surface area contributed by atoms with Gasteiger partial charge in [-0.2, -0.15) is 0 Å². The van der Waals surface area contributed by atoms with Crippen molar-refractivity contribution in [3.05, 3.63) is 35.4 Å². The van der Waals surface area contributed by atoms with E-state index in [2.05, 4.69) is 28.4 Å². The summed E-state index contributed by atoms with van der Waals surface area (Å²) in [6.07, 6.45) is 0. The number of hydrogen-bond acceptors (Lipinski definition) is 4. The molecule has 0 bridgehead atoms. The second kappa shape index (κ2) is 6.56. The van der Waals surface area contributed by atoms with Crippen LogP contribution in [-0.4, -0.2) is 62.1 Å². The lowest BCUT2D eigenvalue weighted by Gasteiger charge is -2.35. The summed E-state index contributed by atoms with van der Waals surface area (Å²) in [5, 5.41) is 3.27. The van der Waals surface area contributed by atoms with Gasteiger partial charge in [0.2, 0.25) is 5.91 Å². The first-order chi connectivity index (χ1) is 10.3. The maximum Gasteiger partial charge on any atom is 0.236 e. The van der Waals surface area contributed by atoms with Gasteiger partial charge in [-0.3, -0.25) is 9.69 Å². The fourth-order valence-electron chi connectivity index (χ4n) is 3.06. The van der Waals surface area contributed by atoms with E-state index in [4.69, 9.17) is 4.74 Å². The Kier molecular flexibility index (Phi) is 4.53. The number of nitrogens with zero attached hydrogens (tertiary/aromatic N) is 2. The lowest BCUT2D eigenvalue weighted by atomic mass is 9.98. The first-order valence-corrected chi connectivity index (χ1v) is 7.60. The minimum atomic E-state index is 0.168. The van der Waals surface area contributed by atoms with Gasteiger partial charge in [0.25, 0.3) is 0 Å². The van der Waals surface area contributed by atoms with Crippen molar-refractivity contribution in [3.8, 4) is 0 Å². The molecule has 5 heteroatoms. The van der Waals surface area contributed by atoms with Crippen molar-refractivity contribution in [2.75, 3.05) is 46.4 Å². The number of amides is 1. The normalized spacial score (nSPS) is 22.2. The number of piperazine rings is 1. The van der Waals surface area contributed by atoms with Crippen LogP contribution >= 0.6 is 0 Å². The molecule has 1 fully saturated rings. The van der Waals surface area contributed by atoms with E-state index in [1.807, 2.05) is 18.0 Å². The number of nitrogens with one attached hydrogen (secondary N) is 1. The summed E-state index contributed by atoms with van der Waals surface area (Å²) in [6, 6.07) is 8.52. The number of hydrogen-bond donors (Lipinski definition) is 1. The van der Waals surface area contributed by atoms with Gasteiger partial charge >= 0.3 is 0 Å². The summed E-state index contributed by atoms with van der Waals surface area (Å²) in [4.78, 5) is 16.4. The van der Waals surface area contributed by atoms with E-state index in [9.17, 15) is 4.79 Å². The van der Waals surface area contributed by atoms with Crippen LogP contribution in [-0.2, 0) is 16.1 Å². The largest absolute Gasteiger partial charge is 0.375 e. The van der Waals surface area contributed by atoms with Crippen molar-refractivity contribution in [3.63, 3.8) is 0 Å². The Morgan fingerprint density at radius 2 is 2.14 bits per heavy atom. The molecule has 1 aromatic carbocycles. The van der Waals surface area contributed by atoms with E-state index in [1.54, 1.807) is 0 Å². The SMILES string of the molecule is CN(CC(=O)N1CCNCC1)C1COCc2ccccc21. The highest BCUT2D eigenvalue weighted by atomic mass is 16.5. The van der Waals surface area contributed by atoms with Crippen LogP contribution in [0.15, 0.2) is 24.3 Å². The van der Waals surface area contributed by atoms with Crippen molar-refractivity contribution in [2.24, 2.45) is 0 Å². The predicted molar refractivity (Wildman–Crippen MR) is 80.9 cm³/mol. The molecule has 0 aliphatic carbocycles. The maximum absolute atomic E-state index is 12.4. The molecule has 1 amide bonds. The second-order valence-electron chi connectivity index (χ2n) is 5.78. The molecule has 21 heavy (non-hydrogen) atoms. The predicted octanol–water partition coefficient (Wildman–Crippen LogP) is 0.622. The van der Waals surface area contributed by atoms with E-state index in [0.29, 0.717) is 19.8 Å². The topological polar surface area (TPSA) is 44.8 Å². The Morgan fingerprint density at radius 1 is 1.38 bits per heavy atom. The van der Waals surface area contributed by atoms with Crippen molar-refractivity contribution < 1.29 is 9.53 Å². The Morgan fingerprint density at radius 3 is 2.95 bits per heavy atom. The van der Waals surface area contributed by atoms with Gasteiger partial charge in [-0.1, -0.05) is 24.3 Å². The van der Waals surface area contributed by atoms with Gasteiger partial charge < -0.3 is 15.0 Å². The van der Waals surface area contributed by atoms with E-state index < -0.39 is 0 Å². The minimum Gasteiger partial charge on any atom is -0.375 e. The summed E-state index contributed by atoms with van der Waals surface area (Å²) >= 11 is 0. The molecule has 0 saturated carbocycles. The molecule has 0 aromatic heterocycles. The molecule has 1 aromatic rings. The molecule has 114 valence electrons. The van der Waals surface area contributed by atoms with Crippen LogP contribution in [0, 0.1) is 0 Å². The van der Waals surface area contributed by atoms with Crippen LogP contribution in [0.2, 0.25) is 0 Å². The standard InChI is InChI=1S/C16H23N3O2/c1-18(10-16(20)19-8-6-17-7-9-19)15-12-21-11-13-4-2-3-5-14(13)15/h2-5,15,17H,6-12H2,1H3. The lowest BCUT2D eigenvalue weighted by molar-refractivity contribution is -0.133. The molecule has 2 aliphatic rings. The molecule has 1 saturated heterocycles. The third-order valence-electron chi connectivity index (χ3n) is 4.33. The van der Waals surface area contributed by atoms with Gasteiger partial charge in [0.15, 0.2) is 0 Å². The first kappa shape index (κ1) is 14.5. The molecule has 5 nitrogen and oxygen atoms in total. The van der Waals surface area contributed by atoms with E-state index in [-0.39, 0.29) is 11.9 Å². The zero-order valence-corrected chi connectivity index (χ0v) is 12.5. The molecule has 2 heterocycles. The van der Waals surface area contributed by atoms with Gasteiger partial charge in [0.05, 0.1) is 25.8 Å². The van der Waals surface area contributed by atoms with Gasteiger partial charge in [-0.15, -0.1) is 0 Å². The molecule has 1 atom stereocenters.